The van der Waals surface area contributed by atoms with Gasteiger partial charge < -0.3 is 15.3 Å². The van der Waals surface area contributed by atoms with Crippen LogP contribution < -0.4 is 5.32 Å². The average Bonchev–Trinajstić information content (AvgIpc) is 3.31. The maximum absolute atomic E-state index is 13.4. The Morgan fingerprint density at radius 1 is 1.30 bits per heavy atom. The summed E-state index contributed by atoms with van der Waals surface area (Å²) in [4.78, 5) is 19.1. The molecule has 1 aromatic carbocycles. The highest BCUT2D eigenvalue weighted by molar-refractivity contribution is 6.31. The van der Waals surface area contributed by atoms with Crippen LogP contribution in [0.4, 0.5) is 14.5 Å². The summed E-state index contributed by atoms with van der Waals surface area (Å²) in [5.74, 6) is -3.91. The van der Waals surface area contributed by atoms with Crippen molar-refractivity contribution < 1.29 is 18.7 Å². The van der Waals surface area contributed by atoms with Gasteiger partial charge in [0.1, 0.15) is 5.75 Å². The van der Waals surface area contributed by atoms with Crippen LogP contribution in [0.2, 0.25) is 5.02 Å². The number of rotatable bonds is 7. The van der Waals surface area contributed by atoms with Crippen molar-refractivity contribution in [2.24, 2.45) is 0 Å². The molecule has 0 bridgehead atoms. The van der Waals surface area contributed by atoms with Gasteiger partial charge in [-0.25, -0.2) is 8.78 Å². The lowest BCUT2D eigenvalue weighted by Gasteiger charge is -2.48. The minimum Gasteiger partial charge on any atom is -0.506 e. The molecule has 4 rings (SSSR count). The van der Waals surface area contributed by atoms with E-state index in [2.05, 4.69) is 21.7 Å². The smallest absolute Gasteiger partial charge is 0.255 e. The minimum absolute atomic E-state index is 0.00771. The summed E-state index contributed by atoms with van der Waals surface area (Å²) in [5.41, 5.74) is 0.551. The summed E-state index contributed by atoms with van der Waals surface area (Å²) in [6.07, 6.45) is 1.67. The molecule has 1 aliphatic carbocycles. The highest BCUT2D eigenvalue weighted by Crippen LogP contribution is 2.58. The molecule has 1 saturated carbocycles. The Kier molecular flexibility index (Phi) is 5.92. The Hall–Kier alpha value is -1.90. The van der Waals surface area contributed by atoms with Crippen LogP contribution in [0.15, 0.2) is 24.8 Å². The first-order chi connectivity index (χ1) is 14.3. The third-order valence-electron chi connectivity index (χ3n) is 6.26. The van der Waals surface area contributed by atoms with Crippen LogP contribution in [-0.2, 0) is 4.79 Å². The van der Waals surface area contributed by atoms with Gasteiger partial charge in [-0.2, -0.15) is 0 Å². The number of alkyl halides is 2. The van der Waals surface area contributed by atoms with E-state index in [1.165, 1.54) is 12.1 Å². The summed E-state index contributed by atoms with van der Waals surface area (Å²) in [5, 5.41) is 13.1. The van der Waals surface area contributed by atoms with Crippen molar-refractivity contribution in [3.05, 3.63) is 35.4 Å². The van der Waals surface area contributed by atoms with Crippen LogP contribution in [0, 0.1) is 0 Å². The highest BCUT2D eigenvalue weighted by Gasteiger charge is 2.58. The highest BCUT2D eigenvalue weighted by atomic mass is 35.5. The quantitative estimate of drug-likeness (QED) is 0.504. The Labute approximate surface area is 180 Å². The second kappa shape index (κ2) is 8.32. The first kappa shape index (κ1) is 21.3. The second-order valence-corrected chi connectivity index (χ2v) is 8.75. The molecule has 1 amide bonds. The number of phenolic OH excluding ortho intramolecular Hbond substituents is 1. The Morgan fingerprint density at radius 3 is 2.57 bits per heavy atom. The number of carbonyl (C=O) groups excluding carboxylic acids is 1. The molecule has 2 heterocycles. The Bertz CT molecular complexity index is 823. The van der Waals surface area contributed by atoms with Gasteiger partial charge in [0.25, 0.3) is 5.92 Å². The van der Waals surface area contributed by atoms with Crippen LogP contribution in [0.3, 0.4) is 0 Å². The Balaban J connectivity index is 1.27. The molecule has 9 heteroatoms. The number of carbonyl (C=O) groups is 1. The number of amides is 1. The normalized spacial score (nSPS) is 24.4. The van der Waals surface area contributed by atoms with Gasteiger partial charge in [-0.3, -0.25) is 14.6 Å². The van der Waals surface area contributed by atoms with E-state index in [1.54, 1.807) is 4.90 Å². The van der Waals surface area contributed by atoms with E-state index in [4.69, 9.17) is 11.6 Å². The van der Waals surface area contributed by atoms with Crippen LogP contribution in [-0.4, -0.2) is 90.0 Å². The number of anilines is 1. The van der Waals surface area contributed by atoms with Crippen LogP contribution in [0.1, 0.15) is 17.9 Å². The monoisotopic (exact) mass is 440 g/mol. The van der Waals surface area contributed by atoms with Gasteiger partial charge in [0, 0.05) is 69.4 Å². The molecular formula is C21H27ClF2N4O2. The largest absolute Gasteiger partial charge is 0.506 e. The summed E-state index contributed by atoms with van der Waals surface area (Å²) in [7, 11) is 0. The number of halogens is 3. The van der Waals surface area contributed by atoms with Gasteiger partial charge >= 0.3 is 0 Å². The van der Waals surface area contributed by atoms with Crippen molar-refractivity contribution in [2.45, 2.75) is 24.3 Å². The molecule has 1 atom stereocenters. The lowest BCUT2D eigenvalue weighted by molar-refractivity contribution is -0.131. The molecule has 1 unspecified atom stereocenters. The van der Waals surface area contributed by atoms with Crippen molar-refractivity contribution in [3.8, 4) is 5.75 Å². The van der Waals surface area contributed by atoms with E-state index in [1.807, 2.05) is 6.08 Å². The second-order valence-electron chi connectivity index (χ2n) is 8.34. The summed E-state index contributed by atoms with van der Waals surface area (Å²) >= 11 is 6.02. The fourth-order valence-corrected chi connectivity index (χ4v) is 4.55. The zero-order valence-electron chi connectivity index (χ0n) is 16.8. The molecule has 2 N–H and O–H groups in total. The number of nitrogens with zero attached hydrogens (tertiary/aromatic N) is 3. The lowest BCUT2D eigenvalue weighted by atomic mass is 10.1. The van der Waals surface area contributed by atoms with Gasteiger partial charge in [-0.05, 0) is 11.6 Å². The van der Waals surface area contributed by atoms with Crippen LogP contribution in [0.25, 0.3) is 0 Å². The van der Waals surface area contributed by atoms with E-state index < -0.39 is 11.8 Å². The molecule has 3 aliphatic rings. The number of likely N-dealkylation sites (tertiary alicyclic amines) is 1. The van der Waals surface area contributed by atoms with Gasteiger partial charge in [0.05, 0.1) is 18.2 Å². The van der Waals surface area contributed by atoms with Crippen molar-refractivity contribution in [1.82, 2.24) is 14.7 Å². The zero-order valence-corrected chi connectivity index (χ0v) is 17.5. The van der Waals surface area contributed by atoms with E-state index in [-0.39, 0.29) is 35.3 Å². The lowest BCUT2D eigenvalue weighted by Crippen LogP contribution is -2.63. The molecule has 6 nitrogen and oxygen atoms in total. The minimum atomic E-state index is -2.75. The van der Waals surface area contributed by atoms with Gasteiger partial charge in [0.2, 0.25) is 5.91 Å². The van der Waals surface area contributed by atoms with E-state index in [9.17, 15) is 18.7 Å². The predicted octanol–water partition coefficient (Wildman–Crippen LogP) is 2.59. The number of phenols is 1. The molecule has 0 spiro atoms. The van der Waals surface area contributed by atoms with Crippen molar-refractivity contribution >= 4 is 23.2 Å². The number of hydrogen-bond acceptors (Lipinski definition) is 5. The number of aromatic hydroxyl groups is 1. The first-order valence-corrected chi connectivity index (χ1v) is 10.7. The molecule has 0 radical (unpaired) electrons. The molecule has 2 saturated heterocycles. The van der Waals surface area contributed by atoms with E-state index >= 15 is 0 Å². The van der Waals surface area contributed by atoms with Gasteiger partial charge in [-0.15, -0.1) is 6.58 Å². The van der Waals surface area contributed by atoms with Gasteiger partial charge in [0.15, 0.2) is 0 Å². The van der Waals surface area contributed by atoms with Crippen LogP contribution >= 0.6 is 11.6 Å². The van der Waals surface area contributed by atoms with E-state index in [0.29, 0.717) is 24.7 Å². The molecular weight excluding hydrogens is 414 g/mol. The molecule has 30 heavy (non-hydrogen) atoms. The average molecular weight is 441 g/mol. The van der Waals surface area contributed by atoms with E-state index in [0.717, 1.165) is 32.7 Å². The molecule has 2 aliphatic heterocycles. The SMILES string of the molecule is C=CCN1CC(N2CCN(C(=O)CNc3cc(C4CC4(F)F)c(Cl)cc3O)CC2)C1. The third-order valence-corrected chi connectivity index (χ3v) is 6.58. The first-order valence-electron chi connectivity index (χ1n) is 10.3. The fraction of sp³-hybridized carbons (Fsp3) is 0.571. The van der Waals surface area contributed by atoms with Gasteiger partial charge in [-0.1, -0.05) is 17.7 Å². The summed E-state index contributed by atoms with van der Waals surface area (Å²) in [6, 6.07) is 3.23. The molecule has 1 aromatic rings. The molecule has 164 valence electrons. The summed E-state index contributed by atoms with van der Waals surface area (Å²) < 4.78 is 26.8. The van der Waals surface area contributed by atoms with Crippen molar-refractivity contribution in [3.63, 3.8) is 0 Å². The third kappa shape index (κ3) is 4.40. The van der Waals surface area contributed by atoms with Crippen molar-refractivity contribution in [2.75, 3.05) is 57.7 Å². The fourth-order valence-electron chi connectivity index (χ4n) is 4.26. The molecule has 3 fully saturated rings. The Morgan fingerprint density at radius 2 is 1.97 bits per heavy atom. The maximum Gasteiger partial charge on any atom is 0.255 e. The number of benzene rings is 1. The van der Waals surface area contributed by atoms with Crippen molar-refractivity contribution in [1.29, 1.82) is 0 Å². The zero-order chi connectivity index (χ0) is 21.5. The topological polar surface area (TPSA) is 59.0 Å². The molecule has 0 aromatic heterocycles. The number of piperazine rings is 1. The number of hydrogen-bond donors (Lipinski definition) is 2. The summed E-state index contributed by atoms with van der Waals surface area (Å²) in [6.45, 7) is 9.74. The maximum atomic E-state index is 13.4. The predicted molar refractivity (Wildman–Crippen MR) is 112 cm³/mol. The van der Waals surface area contributed by atoms with Crippen LogP contribution in [0.5, 0.6) is 5.75 Å². The standard InChI is InChI=1S/C21H27ClF2N4O2/c1-2-3-26-12-14(13-26)27-4-6-28(7-5-27)20(30)11-25-18-8-15(16-10-21(16,23)24)17(22)9-19(18)29/h2,8-9,14,16,25,29H,1,3-7,10-13H2. The number of nitrogens with one attached hydrogen (secondary N) is 1.